The molecule has 0 radical (unpaired) electrons. The summed E-state index contributed by atoms with van der Waals surface area (Å²) in [6, 6.07) is 14.2. The van der Waals surface area contributed by atoms with E-state index in [-0.39, 0.29) is 0 Å². The Morgan fingerprint density at radius 3 is 2.55 bits per heavy atom. The van der Waals surface area contributed by atoms with Gasteiger partial charge in [0, 0.05) is 30.0 Å². The highest BCUT2D eigenvalue weighted by atomic mass is 35.5. The average Bonchev–Trinajstić information content (AvgIpc) is 2.57. The quantitative estimate of drug-likeness (QED) is 0.792. The van der Waals surface area contributed by atoms with Gasteiger partial charge in [-0.1, -0.05) is 29.8 Å². The Morgan fingerprint density at radius 2 is 1.82 bits per heavy atom. The van der Waals surface area contributed by atoms with Crippen LogP contribution in [0.15, 0.2) is 47.5 Å². The summed E-state index contributed by atoms with van der Waals surface area (Å²) in [5.74, 6) is 0. The van der Waals surface area contributed by atoms with Gasteiger partial charge < -0.3 is 9.64 Å². The molecular formula is C18H19ClN2O. The van der Waals surface area contributed by atoms with Crippen molar-refractivity contribution in [3.05, 3.63) is 58.6 Å². The van der Waals surface area contributed by atoms with Crippen molar-refractivity contribution < 1.29 is 4.74 Å². The van der Waals surface area contributed by atoms with Gasteiger partial charge in [-0.2, -0.15) is 0 Å². The molecule has 4 heteroatoms. The number of ether oxygens (including phenoxy) is 1. The first-order chi connectivity index (χ1) is 10.7. The Bertz CT molecular complexity index is 661. The summed E-state index contributed by atoms with van der Waals surface area (Å²) in [5.41, 5.74) is 4.23. The zero-order valence-corrected chi connectivity index (χ0v) is 13.4. The molecule has 0 spiro atoms. The van der Waals surface area contributed by atoms with Crippen molar-refractivity contribution >= 4 is 29.2 Å². The normalized spacial score (nSPS) is 15.5. The van der Waals surface area contributed by atoms with E-state index >= 15 is 0 Å². The third-order valence-electron chi connectivity index (χ3n) is 3.86. The molecule has 0 saturated carbocycles. The van der Waals surface area contributed by atoms with E-state index in [1.807, 2.05) is 31.3 Å². The molecule has 0 aromatic heterocycles. The zero-order valence-electron chi connectivity index (χ0n) is 12.6. The molecule has 114 valence electrons. The second-order valence-corrected chi connectivity index (χ2v) is 5.74. The lowest BCUT2D eigenvalue weighted by atomic mass is 10.2. The fourth-order valence-electron chi connectivity index (χ4n) is 2.47. The highest BCUT2D eigenvalue weighted by Crippen LogP contribution is 2.25. The smallest absolute Gasteiger partial charge is 0.0673 e. The van der Waals surface area contributed by atoms with E-state index in [1.165, 1.54) is 5.69 Å². The highest BCUT2D eigenvalue weighted by molar-refractivity contribution is 6.31. The van der Waals surface area contributed by atoms with Crippen molar-refractivity contribution in [2.75, 3.05) is 31.2 Å². The molecule has 2 aromatic rings. The van der Waals surface area contributed by atoms with Crippen LogP contribution in [-0.4, -0.2) is 32.5 Å². The fraction of sp³-hybridized carbons (Fsp3) is 0.278. The minimum atomic E-state index is 0.748. The Balaban J connectivity index is 1.73. The Hall–Kier alpha value is -1.84. The zero-order chi connectivity index (χ0) is 15.4. The van der Waals surface area contributed by atoms with Gasteiger partial charge in [-0.05, 0) is 42.3 Å². The van der Waals surface area contributed by atoms with Gasteiger partial charge in [0.1, 0.15) is 0 Å². The molecule has 0 aliphatic carbocycles. The molecular weight excluding hydrogens is 296 g/mol. The number of hydrogen-bond acceptors (Lipinski definition) is 3. The maximum absolute atomic E-state index is 6.11. The van der Waals surface area contributed by atoms with Crippen molar-refractivity contribution in [3.63, 3.8) is 0 Å². The monoisotopic (exact) mass is 314 g/mol. The topological polar surface area (TPSA) is 24.8 Å². The van der Waals surface area contributed by atoms with E-state index in [0.29, 0.717) is 0 Å². The molecule has 0 unspecified atom stereocenters. The summed E-state index contributed by atoms with van der Waals surface area (Å²) >= 11 is 6.11. The van der Waals surface area contributed by atoms with Gasteiger partial charge in [0.2, 0.25) is 0 Å². The second-order valence-electron chi connectivity index (χ2n) is 5.33. The van der Waals surface area contributed by atoms with Gasteiger partial charge in [0.05, 0.1) is 18.9 Å². The summed E-state index contributed by atoms with van der Waals surface area (Å²) in [5, 5.41) is 0.748. The summed E-state index contributed by atoms with van der Waals surface area (Å²) in [4.78, 5) is 6.87. The number of nitrogens with zero attached hydrogens (tertiary/aromatic N) is 2. The molecule has 22 heavy (non-hydrogen) atoms. The molecule has 3 nitrogen and oxygen atoms in total. The molecule has 1 heterocycles. The number of rotatable bonds is 3. The van der Waals surface area contributed by atoms with Crippen LogP contribution >= 0.6 is 11.6 Å². The third kappa shape index (κ3) is 3.49. The minimum absolute atomic E-state index is 0.748. The van der Waals surface area contributed by atoms with E-state index in [2.05, 4.69) is 34.2 Å². The maximum atomic E-state index is 6.11. The largest absolute Gasteiger partial charge is 0.378 e. The fourth-order valence-corrected chi connectivity index (χ4v) is 2.64. The molecule has 1 fully saturated rings. The molecule has 2 aromatic carbocycles. The van der Waals surface area contributed by atoms with E-state index in [9.17, 15) is 0 Å². The first kappa shape index (κ1) is 15.1. The first-order valence-electron chi connectivity index (χ1n) is 7.46. The molecule has 1 saturated heterocycles. The SMILES string of the molecule is Cc1c(Cl)cccc1N=Cc1ccc(N2CCOCC2)cc1. The molecule has 0 bridgehead atoms. The predicted octanol–water partition coefficient (Wildman–Crippen LogP) is 4.24. The number of hydrogen-bond donors (Lipinski definition) is 0. The number of aliphatic imine (C=N–C) groups is 1. The van der Waals surface area contributed by atoms with Gasteiger partial charge in [-0.3, -0.25) is 4.99 Å². The van der Waals surface area contributed by atoms with Gasteiger partial charge in [0.25, 0.3) is 0 Å². The summed E-state index contributed by atoms with van der Waals surface area (Å²) in [6.45, 7) is 5.50. The van der Waals surface area contributed by atoms with Crippen LogP contribution in [0.5, 0.6) is 0 Å². The maximum Gasteiger partial charge on any atom is 0.0673 e. The minimum Gasteiger partial charge on any atom is -0.378 e. The first-order valence-corrected chi connectivity index (χ1v) is 7.84. The van der Waals surface area contributed by atoms with Gasteiger partial charge in [-0.25, -0.2) is 0 Å². The van der Waals surface area contributed by atoms with Crippen molar-refractivity contribution in [1.29, 1.82) is 0 Å². The predicted molar refractivity (Wildman–Crippen MR) is 92.9 cm³/mol. The number of halogens is 1. The van der Waals surface area contributed by atoms with Gasteiger partial charge in [-0.15, -0.1) is 0 Å². The Morgan fingerprint density at radius 1 is 1.09 bits per heavy atom. The highest BCUT2D eigenvalue weighted by Gasteiger charge is 2.10. The molecule has 0 amide bonds. The van der Waals surface area contributed by atoms with Crippen LogP contribution in [0.1, 0.15) is 11.1 Å². The van der Waals surface area contributed by atoms with Crippen LogP contribution < -0.4 is 4.90 Å². The summed E-state index contributed by atoms with van der Waals surface area (Å²) < 4.78 is 5.38. The van der Waals surface area contributed by atoms with E-state index in [4.69, 9.17) is 16.3 Å². The lowest BCUT2D eigenvalue weighted by Gasteiger charge is -2.28. The van der Waals surface area contributed by atoms with Crippen molar-refractivity contribution in [2.24, 2.45) is 4.99 Å². The summed E-state index contributed by atoms with van der Waals surface area (Å²) in [6.07, 6.45) is 1.88. The van der Waals surface area contributed by atoms with Crippen molar-refractivity contribution in [1.82, 2.24) is 0 Å². The van der Waals surface area contributed by atoms with Crippen LogP contribution in [0.4, 0.5) is 11.4 Å². The second kappa shape index (κ2) is 6.95. The molecule has 0 atom stereocenters. The van der Waals surface area contributed by atoms with Crippen LogP contribution in [0.25, 0.3) is 0 Å². The molecule has 0 N–H and O–H groups in total. The lowest BCUT2D eigenvalue weighted by molar-refractivity contribution is 0.122. The lowest BCUT2D eigenvalue weighted by Crippen LogP contribution is -2.36. The average molecular weight is 315 g/mol. The van der Waals surface area contributed by atoms with Gasteiger partial charge in [0.15, 0.2) is 0 Å². The van der Waals surface area contributed by atoms with Crippen LogP contribution in [0, 0.1) is 6.92 Å². The molecule has 3 rings (SSSR count). The van der Waals surface area contributed by atoms with Crippen LogP contribution in [-0.2, 0) is 4.74 Å². The van der Waals surface area contributed by atoms with Crippen LogP contribution in [0.3, 0.4) is 0 Å². The number of benzene rings is 2. The Labute approximate surface area is 136 Å². The van der Waals surface area contributed by atoms with Gasteiger partial charge >= 0.3 is 0 Å². The van der Waals surface area contributed by atoms with E-state index in [0.717, 1.165) is 48.1 Å². The number of morpholine rings is 1. The third-order valence-corrected chi connectivity index (χ3v) is 4.27. The van der Waals surface area contributed by atoms with E-state index in [1.54, 1.807) is 0 Å². The van der Waals surface area contributed by atoms with Crippen LogP contribution in [0.2, 0.25) is 5.02 Å². The molecule has 1 aliphatic heterocycles. The number of anilines is 1. The van der Waals surface area contributed by atoms with Crippen molar-refractivity contribution in [3.8, 4) is 0 Å². The Kier molecular flexibility index (Phi) is 4.76. The standard InChI is InChI=1S/C18H19ClN2O/c1-14-17(19)3-2-4-18(14)20-13-15-5-7-16(8-6-15)21-9-11-22-12-10-21/h2-8,13H,9-12H2,1H3. The van der Waals surface area contributed by atoms with E-state index < -0.39 is 0 Å². The summed E-state index contributed by atoms with van der Waals surface area (Å²) in [7, 11) is 0. The van der Waals surface area contributed by atoms with Crippen molar-refractivity contribution in [2.45, 2.75) is 6.92 Å². The molecule has 1 aliphatic rings.